The van der Waals surface area contributed by atoms with Gasteiger partial charge in [0.1, 0.15) is 0 Å². The van der Waals surface area contributed by atoms with E-state index < -0.39 is 0 Å². The second-order valence-corrected chi connectivity index (χ2v) is 5.32. The number of nitrogens with one attached hydrogen (secondary N) is 1. The van der Waals surface area contributed by atoms with Crippen molar-refractivity contribution in [1.82, 2.24) is 19.6 Å². The van der Waals surface area contributed by atoms with E-state index in [4.69, 9.17) is 4.74 Å². The van der Waals surface area contributed by atoms with Crippen molar-refractivity contribution >= 4 is 17.3 Å². The van der Waals surface area contributed by atoms with Crippen LogP contribution in [0.3, 0.4) is 0 Å². The Labute approximate surface area is 141 Å². The number of pyridine rings is 1. The minimum atomic E-state index is -0.300. The maximum atomic E-state index is 12.7. The lowest BCUT2D eigenvalue weighted by atomic mass is 10.3. The van der Waals surface area contributed by atoms with Gasteiger partial charge >= 0.3 is 0 Å². The highest BCUT2D eigenvalue weighted by atomic mass is 16.5. The van der Waals surface area contributed by atoms with E-state index in [1.54, 1.807) is 28.7 Å². The summed E-state index contributed by atoms with van der Waals surface area (Å²) in [7, 11) is 1.62. The lowest BCUT2D eigenvalue weighted by Gasteiger charge is -2.17. The lowest BCUT2D eigenvalue weighted by Crippen LogP contribution is -2.31. The number of amides is 2. The molecule has 0 spiro atoms. The van der Waals surface area contributed by atoms with E-state index in [2.05, 4.69) is 10.3 Å². The Bertz CT molecular complexity index is 707. The number of carbonyl (C=O) groups is 2. The van der Waals surface area contributed by atoms with E-state index in [-0.39, 0.29) is 17.6 Å². The maximum Gasteiger partial charge on any atom is 0.287 e. The Morgan fingerprint density at radius 1 is 1.29 bits per heavy atom. The zero-order valence-electron chi connectivity index (χ0n) is 14.4. The van der Waals surface area contributed by atoms with Gasteiger partial charge in [-0.05, 0) is 32.4 Å². The van der Waals surface area contributed by atoms with Crippen LogP contribution in [0, 0.1) is 0 Å². The Balaban J connectivity index is 2.31. The van der Waals surface area contributed by atoms with Gasteiger partial charge in [-0.25, -0.2) is 4.98 Å². The summed E-state index contributed by atoms with van der Waals surface area (Å²) < 4.78 is 6.62. The molecule has 130 valence electrons. The van der Waals surface area contributed by atoms with Gasteiger partial charge in [0.25, 0.3) is 11.8 Å². The highest BCUT2D eigenvalue weighted by Gasteiger charge is 2.23. The van der Waals surface area contributed by atoms with Crippen molar-refractivity contribution < 1.29 is 14.3 Å². The minimum absolute atomic E-state index is 0.165. The molecule has 0 atom stereocenters. The van der Waals surface area contributed by atoms with Crippen molar-refractivity contribution in [2.24, 2.45) is 0 Å². The zero-order chi connectivity index (χ0) is 17.5. The molecule has 0 aliphatic carbocycles. The lowest BCUT2D eigenvalue weighted by molar-refractivity contribution is 0.0769. The van der Waals surface area contributed by atoms with E-state index in [1.165, 1.54) is 0 Å². The van der Waals surface area contributed by atoms with Crippen LogP contribution < -0.4 is 5.32 Å². The highest BCUT2D eigenvalue weighted by Crippen LogP contribution is 2.15. The van der Waals surface area contributed by atoms with Gasteiger partial charge in [0.05, 0.1) is 5.52 Å². The van der Waals surface area contributed by atoms with Crippen LogP contribution >= 0.6 is 0 Å². The summed E-state index contributed by atoms with van der Waals surface area (Å²) in [6.45, 7) is 6.10. The molecule has 24 heavy (non-hydrogen) atoms. The summed E-state index contributed by atoms with van der Waals surface area (Å²) in [5.41, 5.74) is 0.942. The smallest absolute Gasteiger partial charge is 0.287 e. The molecule has 0 aliphatic rings. The van der Waals surface area contributed by atoms with Crippen molar-refractivity contribution in [3.8, 4) is 0 Å². The first-order chi connectivity index (χ1) is 11.6. The molecule has 0 unspecified atom stereocenters. The number of nitrogens with zero attached hydrogens (tertiary/aromatic N) is 3. The van der Waals surface area contributed by atoms with Crippen LogP contribution in [0.4, 0.5) is 0 Å². The number of imidazole rings is 1. The third kappa shape index (κ3) is 3.73. The van der Waals surface area contributed by atoms with Gasteiger partial charge in [0.2, 0.25) is 5.82 Å². The van der Waals surface area contributed by atoms with Gasteiger partial charge in [-0.15, -0.1) is 0 Å². The molecule has 0 aromatic carbocycles. The predicted octanol–water partition coefficient (Wildman–Crippen LogP) is 1.58. The highest BCUT2D eigenvalue weighted by molar-refractivity contribution is 6.02. The Hall–Kier alpha value is -2.41. The second kappa shape index (κ2) is 8.44. The van der Waals surface area contributed by atoms with Crippen molar-refractivity contribution in [2.75, 3.05) is 33.4 Å². The summed E-state index contributed by atoms with van der Waals surface area (Å²) in [4.78, 5) is 31.1. The third-order valence-electron chi connectivity index (χ3n) is 3.82. The average molecular weight is 332 g/mol. The molecule has 0 saturated carbocycles. The Morgan fingerprint density at radius 3 is 2.71 bits per heavy atom. The topological polar surface area (TPSA) is 75.9 Å². The van der Waals surface area contributed by atoms with Crippen LogP contribution in [0.25, 0.3) is 5.52 Å². The van der Waals surface area contributed by atoms with E-state index in [9.17, 15) is 9.59 Å². The van der Waals surface area contributed by atoms with E-state index in [0.717, 1.165) is 6.42 Å². The number of aromatic nitrogens is 2. The van der Waals surface area contributed by atoms with Gasteiger partial charge in [0, 0.05) is 39.5 Å². The molecule has 2 rings (SSSR count). The fourth-order valence-corrected chi connectivity index (χ4v) is 2.51. The summed E-state index contributed by atoms with van der Waals surface area (Å²) in [5, 5.41) is 2.81. The molecule has 0 bridgehead atoms. The SMILES string of the molecule is CCN(CC)C(=O)c1nc(C(=O)NCCCOC)n2ccccc12. The number of methoxy groups -OCH3 is 1. The van der Waals surface area contributed by atoms with Crippen molar-refractivity contribution in [2.45, 2.75) is 20.3 Å². The molecular weight excluding hydrogens is 308 g/mol. The summed E-state index contributed by atoms with van der Waals surface area (Å²) in [5.74, 6) is -0.244. The van der Waals surface area contributed by atoms with Crippen LogP contribution in [0.2, 0.25) is 0 Å². The third-order valence-corrected chi connectivity index (χ3v) is 3.82. The Morgan fingerprint density at radius 2 is 2.04 bits per heavy atom. The molecule has 1 N–H and O–H groups in total. The van der Waals surface area contributed by atoms with Crippen LogP contribution in [0.5, 0.6) is 0 Å². The van der Waals surface area contributed by atoms with E-state index >= 15 is 0 Å². The number of hydrogen-bond donors (Lipinski definition) is 1. The standard InChI is InChI=1S/C17H24N4O3/c1-4-20(5-2)17(23)14-13-9-6-7-11-21(13)15(19-14)16(22)18-10-8-12-24-3/h6-7,9,11H,4-5,8,10,12H2,1-3H3,(H,18,22). The fraction of sp³-hybridized carbons (Fsp3) is 0.471. The monoisotopic (exact) mass is 332 g/mol. The van der Waals surface area contributed by atoms with Crippen LogP contribution in [-0.2, 0) is 4.74 Å². The molecule has 7 heteroatoms. The first-order valence-corrected chi connectivity index (χ1v) is 8.17. The summed E-state index contributed by atoms with van der Waals surface area (Å²) in [6.07, 6.45) is 2.46. The first kappa shape index (κ1) is 17.9. The quantitative estimate of drug-likeness (QED) is 0.745. The van der Waals surface area contributed by atoms with E-state index in [1.807, 2.05) is 26.0 Å². The van der Waals surface area contributed by atoms with Gasteiger partial charge < -0.3 is 15.0 Å². The van der Waals surface area contributed by atoms with Crippen LogP contribution in [0.1, 0.15) is 41.4 Å². The zero-order valence-corrected chi connectivity index (χ0v) is 14.4. The van der Waals surface area contributed by atoms with Gasteiger partial charge in [0.15, 0.2) is 5.69 Å². The molecule has 2 aromatic rings. The first-order valence-electron chi connectivity index (χ1n) is 8.17. The van der Waals surface area contributed by atoms with Gasteiger partial charge in [-0.1, -0.05) is 6.07 Å². The van der Waals surface area contributed by atoms with Gasteiger partial charge in [-0.3, -0.25) is 14.0 Å². The van der Waals surface area contributed by atoms with E-state index in [0.29, 0.717) is 37.5 Å². The number of carbonyl (C=O) groups excluding carboxylic acids is 2. The summed E-state index contributed by atoms with van der Waals surface area (Å²) in [6, 6.07) is 5.43. The molecule has 0 aliphatic heterocycles. The Kier molecular flexibility index (Phi) is 6.31. The molecular formula is C17H24N4O3. The number of ether oxygens (including phenoxy) is 1. The van der Waals surface area contributed by atoms with Crippen LogP contribution in [0.15, 0.2) is 24.4 Å². The largest absolute Gasteiger partial charge is 0.385 e. The molecule has 0 saturated heterocycles. The van der Waals surface area contributed by atoms with Crippen molar-refractivity contribution in [1.29, 1.82) is 0 Å². The molecule has 0 fully saturated rings. The number of fused-ring (bicyclic) bond motifs is 1. The minimum Gasteiger partial charge on any atom is -0.385 e. The van der Waals surface area contributed by atoms with Crippen molar-refractivity contribution in [3.05, 3.63) is 35.9 Å². The fourth-order valence-electron chi connectivity index (χ4n) is 2.51. The second-order valence-electron chi connectivity index (χ2n) is 5.32. The average Bonchev–Trinajstić information content (AvgIpc) is 2.99. The summed E-state index contributed by atoms with van der Waals surface area (Å²) >= 11 is 0. The predicted molar refractivity (Wildman–Crippen MR) is 91.3 cm³/mol. The molecule has 2 aromatic heterocycles. The molecule has 2 amide bonds. The number of hydrogen-bond acceptors (Lipinski definition) is 4. The van der Waals surface area contributed by atoms with Crippen molar-refractivity contribution in [3.63, 3.8) is 0 Å². The molecule has 2 heterocycles. The normalized spacial score (nSPS) is 10.8. The molecule has 7 nitrogen and oxygen atoms in total. The number of rotatable bonds is 8. The molecule has 0 radical (unpaired) electrons. The van der Waals surface area contributed by atoms with Crippen LogP contribution in [-0.4, -0.2) is 59.4 Å². The van der Waals surface area contributed by atoms with Gasteiger partial charge in [-0.2, -0.15) is 0 Å². The maximum absolute atomic E-state index is 12.7.